The molecule has 0 aliphatic heterocycles. The minimum atomic E-state index is 0.238. The lowest BCUT2D eigenvalue weighted by atomic mass is 10.1. The number of oxazole rings is 1. The smallest absolute Gasteiger partial charge is 0.292 e. The van der Waals surface area contributed by atoms with E-state index >= 15 is 0 Å². The van der Waals surface area contributed by atoms with E-state index in [4.69, 9.17) is 10.2 Å². The first-order chi connectivity index (χ1) is 8.60. The Kier molecular flexibility index (Phi) is 3.97. The third-order valence-electron chi connectivity index (χ3n) is 2.54. The number of aryl methyl sites for hydroxylation is 1. The molecule has 4 heteroatoms. The lowest BCUT2D eigenvalue weighted by molar-refractivity contribution is 0.593. The normalized spacial score (nSPS) is 11.1. The summed E-state index contributed by atoms with van der Waals surface area (Å²) in [6, 6.07) is 8.58. The van der Waals surface area contributed by atoms with Crippen molar-refractivity contribution >= 4 is 17.8 Å². The molecule has 18 heavy (non-hydrogen) atoms. The molecule has 0 bridgehead atoms. The van der Waals surface area contributed by atoms with Crippen LogP contribution in [-0.4, -0.2) is 10.2 Å². The van der Waals surface area contributed by atoms with Crippen LogP contribution in [0.15, 0.2) is 33.6 Å². The highest BCUT2D eigenvalue weighted by Gasteiger charge is 2.12. The highest BCUT2D eigenvalue weighted by Crippen LogP contribution is 2.29. The molecule has 2 aromatic rings. The van der Waals surface area contributed by atoms with E-state index in [1.54, 1.807) is 0 Å². The van der Waals surface area contributed by atoms with Gasteiger partial charge in [0.2, 0.25) is 0 Å². The highest BCUT2D eigenvalue weighted by molar-refractivity contribution is 7.99. The molecule has 2 rings (SSSR count). The van der Waals surface area contributed by atoms with Gasteiger partial charge in [0.25, 0.3) is 6.01 Å². The molecular weight excluding hydrogens is 244 g/mol. The molecule has 0 saturated heterocycles. The van der Waals surface area contributed by atoms with E-state index in [1.807, 2.05) is 18.7 Å². The summed E-state index contributed by atoms with van der Waals surface area (Å²) in [7, 11) is 0. The van der Waals surface area contributed by atoms with Crippen molar-refractivity contribution in [2.75, 3.05) is 5.73 Å². The first-order valence-corrected chi connectivity index (χ1v) is 7.00. The molecule has 0 aliphatic carbocycles. The monoisotopic (exact) mass is 262 g/mol. The zero-order chi connectivity index (χ0) is 13.1. The van der Waals surface area contributed by atoms with Crippen molar-refractivity contribution in [1.82, 2.24) is 4.98 Å². The molecule has 0 saturated carbocycles. The van der Waals surface area contributed by atoms with Crippen molar-refractivity contribution in [2.45, 2.75) is 37.3 Å². The molecule has 96 valence electrons. The van der Waals surface area contributed by atoms with Crippen LogP contribution in [0.2, 0.25) is 0 Å². The van der Waals surface area contributed by atoms with E-state index < -0.39 is 0 Å². The maximum atomic E-state index is 5.61. The Balaban J connectivity index is 2.28. The van der Waals surface area contributed by atoms with Gasteiger partial charge in [-0.2, -0.15) is 4.98 Å². The van der Waals surface area contributed by atoms with E-state index in [9.17, 15) is 0 Å². The van der Waals surface area contributed by atoms with Gasteiger partial charge in [-0.1, -0.05) is 32.9 Å². The standard InChI is InChI=1S/C14H18N2OS/c1-4-12-13(17-14(15)16-12)10-5-7-11(8-6-10)18-9(2)3/h5-9H,4H2,1-3H3,(H2,15,16). The van der Waals surface area contributed by atoms with E-state index in [2.05, 4.69) is 43.1 Å². The van der Waals surface area contributed by atoms with Crippen LogP contribution in [-0.2, 0) is 6.42 Å². The Morgan fingerprint density at radius 1 is 1.28 bits per heavy atom. The number of nitrogens with two attached hydrogens (primary N) is 1. The molecule has 0 amide bonds. The van der Waals surface area contributed by atoms with Gasteiger partial charge in [-0.15, -0.1) is 11.8 Å². The molecule has 1 aromatic carbocycles. The summed E-state index contributed by atoms with van der Waals surface area (Å²) in [5.74, 6) is 0.788. The summed E-state index contributed by atoms with van der Waals surface area (Å²) in [6.07, 6.45) is 0.818. The Labute approximate surface area is 112 Å². The fraction of sp³-hybridized carbons (Fsp3) is 0.357. The predicted octanol–water partition coefficient (Wildman–Crippen LogP) is 3.99. The summed E-state index contributed by atoms with van der Waals surface area (Å²) in [6.45, 7) is 6.42. The van der Waals surface area contributed by atoms with Gasteiger partial charge in [0.05, 0.1) is 5.69 Å². The summed E-state index contributed by atoms with van der Waals surface area (Å²) in [5.41, 5.74) is 7.55. The number of nitrogens with zero attached hydrogens (tertiary/aromatic N) is 1. The predicted molar refractivity (Wildman–Crippen MR) is 76.7 cm³/mol. The minimum Gasteiger partial charge on any atom is -0.423 e. The lowest BCUT2D eigenvalue weighted by Gasteiger charge is -2.05. The number of hydrogen-bond donors (Lipinski definition) is 1. The van der Waals surface area contributed by atoms with E-state index in [0.29, 0.717) is 5.25 Å². The zero-order valence-electron chi connectivity index (χ0n) is 10.9. The molecule has 1 aromatic heterocycles. The second-order valence-electron chi connectivity index (χ2n) is 4.37. The second-order valence-corrected chi connectivity index (χ2v) is 6.02. The van der Waals surface area contributed by atoms with Crippen LogP contribution < -0.4 is 5.73 Å². The first-order valence-electron chi connectivity index (χ1n) is 6.12. The van der Waals surface area contributed by atoms with Crippen LogP contribution in [0.1, 0.15) is 26.5 Å². The fourth-order valence-corrected chi connectivity index (χ4v) is 2.63. The maximum Gasteiger partial charge on any atom is 0.292 e. The molecule has 0 fully saturated rings. The number of rotatable bonds is 4. The average Bonchev–Trinajstić information content (AvgIpc) is 2.71. The van der Waals surface area contributed by atoms with E-state index in [-0.39, 0.29) is 6.01 Å². The lowest BCUT2D eigenvalue weighted by Crippen LogP contribution is -1.87. The van der Waals surface area contributed by atoms with Gasteiger partial charge >= 0.3 is 0 Å². The number of hydrogen-bond acceptors (Lipinski definition) is 4. The van der Waals surface area contributed by atoms with Crippen LogP contribution in [0.3, 0.4) is 0 Å². The molecule has 0 radical (unpaired) electrons. The van der Waals surface area contributed by atoms with Crippen molar-refractivity contribution < 1.29 is 4.42 Å². The van der Waals surface area contributed by atoms with Gasteiger partial charge < -0.3 is 10.2 Å². The number of nitrogen functional groups attached to an aromatic ring is 1. The van der Waals surface area contributed by atoms with Crippen LogP contribution in [0.5, 0.6) is 0 Å². The largest absolute Gasteiger partial charge is 0.423 e. The third kappa shape index (κ3) is 2.88. The van der Waals surface area contributed by atoms with Crippen molar-refractivity contribution in [3.05, 3.63) is 30.0 Å². The Hall–Kier alpha value is -1.42. The number of benzene rings is 1. The van der Waals surface area contributed by atoms with Crippen molar-refractivity contribution in [3.63, 3.8) is 0 Å². The quantitative estimate of drug-likeness (QED) is 0.846. The molecular formula is C14H18N2OS. The average molecular weight is 262 g/mol. The Morgan fingerprint density at radius 2 is 1.94 bits per heavy atom. The Bertz CT molecular complexity index is 517. The van der Waals surface area contributed by atoms with Crippen molar-refractivity contribution in [3.8, 4) is 11.3 Å². The molecule has 0 unspecified atom stereocenters. The molecule has 0 aliphatic rings. The third-order valence-corrected chi connectivity index (χ3v) is 3.55. The highest BCUT2D eigenvalue weighted by atomic mass is 32.2. The van der Waals surface area contributed by atoms with Crippen LogP contribution in [0, 0.1) is 0 Å². The van der Waals surface area contributed by atoms with Gasteiger partial charge in [0.1, 0.15) is 0 Å². The van der Waals surface area contributed by atoms with Crippen LogP contribution in [0.25, 0.3) is 11.3 Å². The van der Waals surface area contributed by atoms with Gasteiger partial charge in [-0.05, 0) is 18.6 Å². The molecule has 1 heterocycles. The van der Waals surface area contributed by atoms with Crippen molar-refractivity contribution in [2.24, 2.45) is 0 Å². The molecule has 0 spiro atoms. The van der Waals surface area contributed by atoms with Crippen LogP contribution in [0.4, 0.5) is 6.01 Å². The van der Waals surface area contributed by atoms with Crippen LogP contribution >= 0.6 is 11.8 Å². The minimum absolute atomic E-state index is 0.238. The van der Waals surface area contributed by atoms with Gasteiger partial charge in [0.15, 0.2) is 5.76 Å². The summed E-state index contributed by atoms with van der Waals surface area (Å²) in [4.78, 5) is 5.45. The fourth-order valence-electron chi connectivity index (χ4n) is 1.79. The van der Waals surface area contributed by atoms with Gasteiger partial charge in [-0.25, -0.2) is 0 Å². The van der Waals surface area contributed by atoms with E-state index in [1.165, 1.54) is 4.90 Å². The number of anilines is 1. The van der Waals surface area contributed by atoms with Gasteiger partial charge in [0, 0.05) is 15.7 Å². The topological polar surface area (TPSA) is 52.0 Å². The summed E-state index contributed by atoms with van der Waals surface area (Å²) >= 11 is 1.85. The number of aromatic nitrogens is 1. The summed E-state index contributed by atoms with van der Waals surface area (Å²) in [5, 5.41) is 0.586. The molecule has 0 atom stereocenters. The maximum absolute atomic E-state index is 5.61. The Morgan fingerprint density at radius 3 is 2.50 bits per heavy atom. The SMILES string of the molecule is CCc1nc(N)oc1-c1ccc(SC(C)C)cc1. The van der Waals surface area contributed by atoms with Crippen molar-refractivity contribution in [1.29, 1.82) is 0 Å². The zero-order valence-corrected chi connectivity index (χ0v) is 11.8. The first kappa shape index (κ1) is 13.0. The van der Waals surface area contributed by atoms with Gasteiger partial charge in [-0.3, -0.25) is 0 Å². The van der Waals surface area contributed by atoms with E-state index in [0.717, 1.165) is 23.4 Å². The molecule has 3 nitrogen and oxygen atoms in total. The number of thioether (sulfide) groups is 1. The molecule has 2 N–H and O–H groups in total. The summed E-state index contributed by atoms with van der Waals surface area (Å²) < 4.78 is 5.47. The second kappa shape index (κ2) is 5.48.